The number of carbonyl (C=O) groups is 2. The van der Waals surface area contributed by atoms with Crippen LogP contribution in [0.3, 0.4) is 0 Å². The molecule has 0 saturated carbocycles. The molecule has 7 heteroatoms. The molecule has 1 unspecified atom stereocenters. The Hall–Kier alpha value is -0.140. The molecular formula is C5H8Br2N2O3. The molecule has 1 amide bonds. The summed E-state index contributed by atoms with van der Waals surface area (Å²) >= 11 is 5.68. The topological polar surface area (TPSA) is 83.6 Å². The highest BCUT2D eigenvalue weighted by atomic mass is 79.9. The van der Waals surface area contributed by atoms with Gasteiger partial charge in [-0.1, -0.05) is 0 Å². The highest BCUT2D eigenvalue weighted by Crippen LogP contribution is 2.09. The summed E-state index contributed by atoms with van der Waals surface area (Å²) in [6.45, 7) is 0. The lowest BCUT2D eigenvalue weighted by atomic mass is 10.2. The average molecular weight is 304 g/mol. The second-order valence-corrected chi connectivity index (χ2v) is 4.48. The first-order chi connectivity index (χ1) is 5.45. The Balaban J connectivity index is 3.69. The number of rotatable bonds is 4. The van der Waals surface area contributed by atoms with Crippen molar-refractivity contribution in [2.24, 2.45) is 5.73 Å². The van der Waals surface area contributed by atoms with Crippen LogP contribution < -0.4 is 5.73 Å². The van der Waals surface area contributed by atoms with E-state index < -0.39 is 12.0 Å². The molecule has 0 aromatic heterocycles. The van der Waals surface area contributed by atoms with Gasteiger partial charge in [-0.3, -0.25) is 9.59 Å². The molecule has 70 valence electrons. The highest BCUT2D eigenvalue weighted by Gasteiger charge is 2.15. The average Bonchev–Trinajstić information content (AvgIpc) is 1.98. The van der Waals surface area contributed by atoms with E-state index in [2.05, 4.69) is 32.3 Å². The molecule has 0 bridgehead atoms. The SMILES string of the molecule is NC(CCC(=O)N(Br)Br)C(=O)O. The van der Waals surface area contributed by atoms with E-state index >= 15 is 0 Å². The van der Waals surface area contributed by atoms with Gasteiger partial charge >= 0.3 is 5.97 Å². The minimum atomic E-state index is -1.10. The van der Waals surface area contributed by atoms with E-state index in [0.29, 0.717) is 0 Å². The Bertz CT molecular complexity index is 186. The van der Waals surface area contributed by atoms with Gasteiger partial charge < -0.3 is 10.8 Å². The summed E-state index contributed by atoms with van der Waals surface area (Å²) in [5.41, 5.74) is 5.16. The van der Waals surface area contributed by atoms with Crippen LogP contribution in [0.25, 0.3) is 0 Å². The lowest BCUT2D eigenvalue weighted by Crippen LogP contribution is -2.31. The Morgan fingerprint density at radius 2 is 2.00 bits per heavy atom. The third-order valence-corrected chi connectivity index (χ3v) is 1.97. The molecule has 3 N–H and O–H groups in total. The normalized spacial score (nSPS) is 12.2. The number of aliphatic carboxylic acids is 1. The first-order valence-electron chi connectivity index (χ1n) is 3.08. The van der Waals surface area contributed by atoms with Gasteiger partial charge in [0.25, 0.3) is 0 Å². The van der Waals surface area contributed by atoms with Crippen LogP contribution in [0.5, 0.6) is 0 Å². The van der Waals surface area contributed by atoms with Gasteiger partial charge in [0.1, 0.15) is 6.04 Å². The number of halogens is 2. The van der Waals surface area contributed by atoms with Crippen molar-refractivity contribution in [2.45, 2.75) is 18.9 Å². The summed E-state index contributed by atoms with van der Waals surface area (Å²) in [4.78, 5) is 21.1. The number of carbonyl (C=O) groups excluding carboxylic acids is 1. The van der Waals surface area contributed by atoms with Crippen molar-refractivity contribution in [3.05, 3.63) is 0 Å². The fourth-order valence-electron chi connectivity index (χ4n) is 0.487. The Kier molecular flexibility index (Phi) is 5.43. The summed E-state index contributed by atoms with van der Waals surface area (Å²) in [6.07, 6.45) is 0.214. The zero-order valence-corrected chi connectivity index (χ0v) is 9.21. The molecule has 0 heterocycles. The first-order valence-corrected chi connectivity index (χ1v) is 4.50. The van der Waals surface area contributed by atoms with Crippen LogP contribution in [0.4, 0.5) is 0 Å². The maximum Gasteiger partial charge on any atom is 0.320 e. The molecule has 0 radical (unpaired) electrons. The second-order valence-electron chi connectivity index (χ2n) is 2.11. The van der Waals surface area contributed by atoms with E-state index in [1.165, 1.54) is 0 Å². The number of amides is 1. The predicted octanol–water partition coefficient (Wildman–Crippen LogP) is 0.627. The zero-order chi connectivity index (χ0) is 9.72. The fourth-order valence-corrected chi connectivity index (χ4v) is 0.842. The van der Waals surface area contributed by atoms with Crippen LogP contribution in [0.1, 0.15) is 12.8 Å². The third kappa shape index (κ3) is 4.68. The molecule has 0 aromatic rings. The highest BCUT2D eigenvalue weighted by molar-refractivity contribution is 9.21. The number of carboxylic acid groups (broad SMARTS) is 1. The molecule has 12 heavy (non-hydrogen) atoms. The molecule has 0 aliphatic heterocycles. The molecule has 5 nitrogen and oxygen atoms in total. The smallest absolute Gasteiger partial charge is 0.320 e. The molecule has 0 spiro atoms. The predicted molar refractivity (Wildman–Crippen MR) is 49.5 cm³/mol. The molecule has 0 aliphatic rings. The number of carboxylic acids is 1. The van der Waals surface area contributed by atoms with Gasteiger partial charge in [0, 0.05) is 6.42 Å². The van der Waals surface area contributed by atoms with Crippen molar-refractivity contribution < 1.29 is 14.7 Å². The van der Waals surface area contributed by atoms with Crippen LogP contribution >= 0.6 is 32.3 Å². The third-order valence-electron chi connectivity index (χ3n) is 1.17. The van der Waals surface area contributed by atoms with Gasteiger partial charge in [-0.05, 0) is 6.42 Å². The number of hydrogen-bond acceptors (Lipinski definition) is 3. The number of hydrogen-bond donors (Lipinski definition) is 2. The van der Waals surface area contributed by atoms with Crippen LogP contribution in [-0.4, -0.2) is 26.0 Å². The molecule has 0 aromatic carbocycles. The molecule has 1 atom stereocenters. The van der Waals surface area contributed by atoms with E-state index in [9.17, 15) is 9.59 Å². The minimum Gasteiger partial charge on any atom is -0.480 e. The number of nitrogens with two attached hydrogens (primary N) is 1. The molecule has 0 rings (SSSR count). The van der Waals surface area contributed by atoms with E-state index in [-0.39, 0.29) is 18.7 Å². The van der Waals surface area contributed by atoms with Gasteiger partial charge in [-0.15, -0.1) is 0 Å². The lowest BCUT2D eigenvalue weighted by molar-refractivity contribution is -0.138. The van der Waals surface area contributed by atoms with Crippen LogP contribution in [0.2, 0.25) is 0 Å². The lowest BCUT2D eigenvalue weighted by Gasteiger charge is -2.07. The first kappa shape index (κ1) is 11.9. The van der Waals surface area contributed by atoms with Gasteiger partial charge in [0.05, 0.1) is 32.3 Å². The van der Waals surface area contributed by atoms with Crippen LogP contribution in [0, 0.1) is 0 Å². The monoisotopic (exact) mass is 302 g/mol. The summed E-state index contributed by atoms with van der Waals surface area (Å²) in [7, 11) is 0. The molecule has 0 fully saturated rings. The van der Waals surface area contributed by atoms with Crippen molar-refractivity contribution in [2.75, 3.05) is 0 Å². The van der Waals surface area contributed by atoms with Gasteiger partial charge in [-0.2, -0.15) is 0 Å². The van der Waals surface area contributed by atoms with Crippen molar-refractivity contribution in [1.29, 1.82) is 0 Å². The maximum absolute atomic E-state index is 10.9. The summed E-state index contributed by atoms with van der Waals surface area (Å²) in [6, 6.07) is -0.978. The molecule has 0 aliphatic carbocycles. The van der Waals surface area contributed by atoms with Gasteiger partial charge in [-0.25, -0.2) is 2.95 Å². The van der Waals surface area contributed by atoms with Crippen molar-refractivity contribution in [3.8, 4) is 0 Å². The Morgan fingerprint density at radius 1 is 1.50 bits per heavy atom. The fraction of sp³-hybridized carbons (Fsp3) is 0.600. The number of nitrogens with zero attached hydrogens (tertiary/aromatic N) is 1. The van der Waals surface area contributed by atoms with E-state index in [1.54, 1.807) is 0 Å². The van der Waals surface area contributed by atoms with Crippen molar-refractivity contribution >= 4 is 44.2 Å². The van der Waals surface area contributed by atoms with E-state index in [0.717, 1.165) is 2.95 Å². The maximum atomic E-state index is 10.9. The van der Waals surface area contributed by atoms with Gasteiger partial charge in [0.2, 0.25) is 5.91 Å². The quantitative estimate of drug-likeness (QED) is 0.746. The summed E-state index contributed by atoms with van der Waals surface area (Å²) in [5, 5.41) is 8.36. The van der Waals surface area contributed by atoms with E-state index in [1.807, 2.05) is 0 Å². The molecule has 0 saturated heterocycles. The van der Waals surface area contributed by atoms with Gasteiger partial charge in [0.15, 0.2) is 0 Å². The van der Waals surface area contributed by atoms with Crippen LogP contribution in [-0.2, 0) is 9.59 Å². The van der Waals surface area contributed by atoms with Crippen molar-refractivity contribution in [3.63, 3.8) is 0 Å². The van der Waals surface area contributed by atoms with E-state index in [4.69, 9.17) is 10.8 Å². The largest absolute Gasteiger partial charge is 0.480 e. The summed E-state index contributed by atoms with van der Waals surface area (Å²) < 4.78 is 1.04. The minimum absolute atomic E-state index is 0.0873. The standard InChI is InChI=1S/C5H8Br2N2O3/c6-9(7)4(10)2-1-3(8)5(11)12/h3H,1-2,8H2,(H,11,12). The molecular weight excluding hydrogens is 296 g/mol. The Labute approximate surface area is 86.6 Å². The van der Waals surface area contributed by atoms with Crippen molar-refractivity contribution in [1.82, 2.24) is 2.95 Å². The Morgan fingerprint density at radius 3 is 2.33 bits per heavy atom. The summed E-state index contributed by atoms with van der Waals surface area (Å²) in [5.74, 6) is -1.37. The van der Waals surface area contributed by atoms with Crippen LogP contribution in [0.15, 0.2) is 0 Å². The second kappa shape index (κ2) is 5.50. The zero-order valence-electron chi connectivity index (χ0n) is 6.04.